The van der Waals surface area contributed by atoms with Crippen LogP contribution in [-0.2, 0) is 6.54 Å². The Hall–Kier alpha value is -1.73. The van der Waals surface area contributed by atoms with Crippen LogP contribution in [0, 0.1) is 23.2 Å². The summed E-state index contributed by atoms with van der Waals surface area (Å²) in [6, 6.07) is 3.64. The maximum Gasteiger partial charge on any atom is 0.284 e. The van der Waals surface area contributed by atoms with Crippen LogP contribution in [0.5, 0.6) is 0 Å². The van der Waals surface area contributed by atoms with Crippen molar-refractivity contribution in [2.24, 2.45) is 23.2 Å². The first kappa shape index (κ1) is 15.5. The fourth-order valence-electron chi connectivity index (χ4n) is 6.02. The van der Waals surface area contributed by atoms with Crippen LogP contribution in [-0.4, -0.2) is 26.1 Å². The number of hydrogen-bond acceptors (Lipinski definition) is 5. The molecule has 6 nitrogen and oxygen atoms in total. The summed E-state index contributed by atoms with van der Waals surface area (Å²) in [4.78, 5) is 13.0. The molecule has 4 fully saturated rings. The lowest BCUT2D eigenvalue weighted by Crippen LogP contribution is -2.48. The van der Waals surface area contributed by atoms with Crippen LogP contribution in [0.2, 0.25) is 0 Å². The number of rotatable bonds is 4. The molecule has 2 heterocycles. The predicted molar refractivity (Wildman–Crippen MR) is 93.2 cm³/mol. The second kappa shape index (κ2) is 5.64. The molecule has 0 aliphatic heterocycles. The van der Waals surface area contributed by atoms with Crippen molar-refractivity contribution in [2.45, 2.75) is 45.1 Å². The largest absolute Gasteiger partial charge is 0.288 e. The van der Waals surface area contributed by atoms with Gasteiger partial charge in [-0.05, 0) is 73.8 Å². The average molecular weight is 358 g/mol. The number of carbonyl (C=O) groups excluding carboxylic acids is 1. The normalized spacial score (nSPS) is 32.9. The van der Waals surface area contributed by atoms with E-state index in [0.717, 1.165) is 34.9 Å². The lowest BCUT2D eigenvalue weighted by molar-refractivity contribution is -0.0635. The summed E-state index contributed by atoms with van der Waals surface area (Å²) < 4.78 is 2.04. The Bertz CT molecular complexity index is 776. The van der Waals surface area contributed by atoms with Gasteiger partial charge in [-0.3, -0.25) is 10.0 Å². The van der Waals surface area contributed by atoms with Gasteiger partial charge in [-0.15, -0.1) is 16.4 Å². The van der Waals surface area contributed by atoms with Crippen molar-refractivity contribution in [3.8, 4) is 10.6 Å². The van der Waals surface area contributed by atoms with Gasteiger partial charge in [0.05, 0.1) is 21.6 Å². The minimum atomic E-state index is -0.476. The van der Waals surface area contributed by atoms with E-state index in [1.54, 1.807) is 17.7 Å². The molecule has 7 heteroatoms. The standard InChI is InChI=1S/C18H22N4O2S/c23-17(20-24)16-2-1-15(25-16)14-9-19-21-22(14)10-18-6-11-3-12(7-18)5-13(4-11)8-18/h1-2,9,11-13,24H,3-8,10H2,(H,20,23). The summed E-state index contributed by atoms with van der Waals surface area (Å²) in [5.41, 5.74) is 3.05. The molecule has 6 rings (SSSR count). The van der Waals surface area contributed by atoms with Gasteiger partial charge in [0.15, 0.2) is 0 Å². The number of carbonyl (C=O) groups is 1. The third-order valence-electron chi connectivity index (χ3n) is 6.45. The summed E-state index contributed by atoms with van der Waals surface area (Å²) in [6.07, 6.45) is 10.1. The van der Waals surface area contributed by atoms with Crippen LogP contribution in [0.15, 0.2) is 18.3 Å². The third-order valence-corrected chi connectivity index (χ3v) is 7.56. The Kier molecular flexibility index (Phi) is 3.50. The zero-order valence-electron chi connectivity index (χ0n) is 14.0. The van der Waals surface area contributed by atoms with Gasteiger partial charge in [-0.25, -0.2) is 10.2 Å². The first-order valence-corrected chi connectivity index (χ1v) is 9.89. The highest BCUT2D eigenvalue weighted by atomic mass is 32.1. The molecule has 132 valence electrons. The highest BCUT2D eigenvalue weighted by Gasteiger charge is 2.51. The highest BCUT2D eigenvalue weighted by molar-refractivity contribution is 7.17. The van der Waals surface area contributed by atoms with E-state index in [1.165, 1.54) is 49.9 Å². The maximum atomic E-state index is 11.6. The Labute approximate surface area is 150 Å². The number of nitrogens with one attached hydrogen (secondary N) is 1. The lowest BCUT2D eigenvalue weighted by Gasteiger charge is -2.56. The van der Waals surface area contributed by atoms with E-state index in [0.29, 0.717) is 10.3 Å². The van der Waals surface area contributed by atoms with E-state index in [-0.39, 0.29) is 0 Å². The van der Waals surface area contributed by atoms with Crippen molar-refractivity contribution in [1.82, 2.24) is 20.5 Å². The number of aromatic nitrogens is 3. The van der Waals surface area contributed by atoms with Crippen molar-refractivity contribution >= 4 is 17.2 Å². The van der Waals surface area contributed by atoms with Crippen LogP contribution in [0.25, 0.3) is 10.6 Å². The molecular formula is C18H22N4O2S. The minimum Gasteiger partial charge on any atom is -0.288 e. The fraction of sp³-hybridized carbons (Fsp3) is 0.611. The zero-order chi connectivity index (χ0) is 17.0. The molecular weight excluding hydrogens is 336 g/mol. The van der Waals surface area contributed by atoms with E-state index in [4.69, 9.17) is 5.21 Å². The third kappa shape index (κ3) is 2.60. The number of nitrogens with zero attached hydrogens (tertiary/aromatic N) is 3. The molecule has 4 bridgehead atoms. The quantitative estimate of drug-likeness (QED) is 0.649. The van der Waals surface area contributed by atoms with Crippen molar-refractivity contribution in [3.05, 3.63) is 23.2 Å². The van der Waals surface area contributed by atoms with Gasteiger partial charge in [0.25, 0.3) is 5.91 Å². The summed E-state index contributed by atoms with van der Waals surface area (Å²) in [7, 11) is 0. The van der Waals surface area contributed by atoms with E-state index in [2.05, 4.69) is 10.3 Å². The Morgan fingerprint density at radius 2 is 1.92 bits per heavy atom. The minimum absolute atomic E-state index is 0.389. The van der Waals surface area contributed by atoms with Crippen LogP contribution < -0.4 is 5.48 Å². The predicted octanol–water partition coefficient (Wildman–Crippen LogP) is 3.34. The number of hydroxylamine groups is 1. The number of thiophene rings is 1. The lowest BCUT2D eigenvalue weighted by atomic mass is 9.49. The van der Waals surface area contributed by atoms with E-state index in [9.17, 15) is 4.79 Å². The summed E-state index contributed by atoms with van der Waals surface area (Å²) in [5.74, 6) is 2.27. The Balaban J connectivity index is 1.42. The van der Waals surface area contributed by atoms with Gasteiger partial charge >= 0.3 is 0 Å². The zero-order valence-corrected chi connectivity index (χ0v) is 14.8. The van der Waals surface area contributed by atoms with Gasteiger partial charge < -0.3 is 0 Å². The molecule has 2 aromatic rings. The van der Waals surface area contributed by atoms with Crippen LogP contribution in [0.1, 0.15) is 48.2 Å². The second-order valence-electron chi connectivity index (χ2n) is 8.30. The van der Waals surface area contributed by atoms with Crippen LogP contribution in [0.4, 0.5) is 0 Å². The fourth-order valence-corrected chi connectivity index (χ4v) is 6.93. The Morgan fingerprint density at radius 1 is 1.24 bits per heavy atom. The molecule has 2 N–H and O–H groups in total. The first-order valence-electron chi connectivity index (χ1n) is 9.07. The SMILES string of the molecule is O=C(NO)c1ccc(-c2cnnn2CC23CC4CC(CC(C4)C2)C3)s1. The topological polar surface area (TPSA) is 80.0 Å². The smallest absolute Gasteiger partial charge is 0.284 e. The first-order chi connectivity index (χ1) is 12.1. The van der Waals surface area contributed by atoms with Crippen molar-refractivity contribution in [3.63, 3.8) is 0 Å². The van der Waals surface area contributed by atoms with Crippen molar-refractivity contribution in [1.29, 1.82) is 0 Å². The molecule has 4 aliphatic rings. The maximum absolute atomic E-state index is 11.6. The van der Waals surface area contributed by atoms with E-state index >= 15 is 0 Å². The molecule has 0 atom stereocenters. The van der Waals surface area contributed by atoms with Gasteiger partial charge in [0.1, 0.15) is 0 Å². The summed E-state index contributed by atoms with van der Waals surface area (Å²) in [5, 5.41) is 17.3. The molecule has 0 saturated heterocycles. The van der Waals surface area contributed by atoms with Crippen LogP contribution >= 0.6 is 11.3 Å². The molecule has 25 heavy (non-hydrogen) atoms. The highest BCUT2D eigenvalue weighted by Crippen LogP contribution is 2.60. The monoisotopic (exact) mass is 358 g/mol. The van der Waals surface area contributed by atoms with E-state index in [1.807, 2.05) is 10.7 Å². The summed E-state index contributed by atoms with van der Waals surface area (Å²) >= 11 is 1.36. The molecule has 0 radical (unpaired) electrons. The number of amides is 1. The van der Waals surface area contributed by atoms with Gasteiger partial charge in [-0.2, -0.15) is 0 Å². The molecule has 0 spiro atoms. The molecule has 1 amide bonds. The van der Waals surface area contributed by atoms with Gasteiger partial charge in [-0.1, -0.05) is 5.21 Å². The van der Waals surface area contributed by atoms with Crippen molar-refractivity contribution < 1.29 is 10.0 Å². The van der Waals surface area contributed by atoms with Gasteiger partial charge in [0.2, 0.25) is 0 Å². The molecule has 4 saturated carbocycles. The molecule has 2 aromatic heterocycles. The van der Waals surface area contributed by atoms with Crippen LogP contribution in [0.3, 0.4) is 0 Å². The van der Waals surface area contributed by atoms with Crippen molar-refractivity contribution in [2.75, 3.05) is 0 Å². The van der Waals surface area contributed by atoms with Gasteiger partial charge in [0, 0.05) is 6.54 Å². The molecule has 4 aliphatic carbocycles. The number of hydrogen-bond donors (Lipinski definition) is 2. The summed E-state index contributed by atoms with van der Waals surface area (Å²) in [6.45, 7) is 0.936. The molecule has 0 unspecified atom stereocenters. The van der Waals surface area contributed by atoms with E-state index < -0.39 is 5.91 Å². The average Bonchev–Trinajstić information content (AvgIpc) is 3.21. The second-order valence-corrected chi connectivity index (χ2v) is 9.38. The Morgan fingerprint density at radius 3 is 2.56 bits per heavy atom. The molecule has 0 aromatic carbocycles.